The topological polar surface area (TPSA) is 117 Å². The van der Waals surface area contributed by atoms with Crippen molar-refractivity contribution in [1.82, 2.24) is 5.32 Å². The van der Waals surface area contributed by atoms with Gasteiger partial charge in [-0.05, 0) is 49.7 Å². The number of phenols is 1. The Labute approximate surface area is 186 Å². The Balaban J connectivity index is 1.80. The van der Waals surface area contributed by atoms with E-state index < -0.39 is 38.6 Å². The monoisotopic (exact) mass is 493 g/mol. The van der Waals surface area contributed by atoms with E-state index >= 15 is 0 Å². The van der Waals surface area contributed by atoms with Gasteiger partial charge in [-0.1, -0.05) is 23.7 Å². The molecule has 174 valence electrons. The minimum Gasteiger partial charge on any atom is -0.504 e. The summed E-state index contributed by atoms with van der Waals surface area (Å²) in [6, 6.07) is 6.17. The highest BCUT2D eigenvalue weighted by atomic mass is 35.5. The van der Waals surface area contributed by atoms with Crippen LogP contribution in [-0.4, -0.2) is 44.8 Å². The van der Waals surface area contributed by atoms with Gasteiger partial charge in [0.25, 0.3) is 0 Å². The van der Waals surface area contributed by atoms with Crippen LogP contribution < -0.4 is 20.7 Å². The van der Waals surface area contributed by atoms with Crippen molar-refractivity contribution < 1.29 is 36.2 Å². The van der Waals surface area contributed by atoms with E-state index in [0.717, 1.165) is 6.07 Å². The van der Waals surface area contributed by atoms with E-state index in [9.17, 15) is 31.5 Å². The Morgan fingerprint density at radius 3 is 2.53 bits per heavy atom. The van der Waals surface area contributed by atoms with Gasteiger partial charge in [0.15, 0.2) is 21.3 Å². The van der Waals surface area contributed by atoms with Crippen LogP contribution in [0, 0.1) is 5.92 Å². The SMILES string of the molecule is O=C(Nc1ccccc1OC(F)(F)F)Nc1ccc(Cl)c(S(=O)(=O)CC2CCNC2)c1O. The first-order valence-corrected chi connectivity index (χ1v) is 11.4. The fourth-order valence-corrected chi connectivity index (χ4v) is 5.60. The largest absolute Gasteiger partial charge is 0.573 e. The van der Waals surface area contributed by atoms with Crippen LogP contribution in [-0.2, 0) is 9.84 Å². The molecular weight excluding hydrogens is 475 g/mol. The molecule has 32 heavy (non-hydrogen) atoms. The summed E-state index contributed by atoms with van der Waals surface area (Å²) in [5, 5.41) is 17.7. The van der Waals surface area contributed by atoms with Gasteiger partial charge in [0.2, 0.25) is 0 Å². The van der Waals surface area contributed by atoms with Crippen molar-refractivity contribution in [2.45, 2.75) is 17.7 Å². The summed E-state index contributed by atoms with van der Waals surface area (Å²) in [7, 11) is -3.99. The van der Waals surface area contributed by atoms with Crippen LogP contribution in [0.2, 0.25) is 5.02 Å². The van der Waals surface area contributed by atoms with Gasteiger partial charge in [-0.2, -0.15) is 0 Å². The number of halogens is 4. The van der Waals surface area contributed by atoms with Crippen LogP contribution in [0.15, 0.2) is 41.3 Å². The molecule has 8 nitrogen and oxygen atoms in total. The predicted octanol–water partition coefficient (Wildman–Crippen LogP) is 3.97. The van der Waals surface area contributed by atoms with E-state index in [1.54, 1.807) is 0 Å². The number of urea groups is 1. The summed E-state index contributed by atoms with van der Waals surface area (Å²) in [6.45, 7) is 1.19. The Bertz CT molecular complexity index is 1110. The van der Waals surface area contributed by atoms with Crippen molar-refractivity contribution in [3.05, 3.63) is 41.4 Å². The number of sulfone groups is 1. The van der Waals surface area contributed by atoms with Crippen LogP contribution >= 0.6 is 11.6 Å². The minimum absolute atomic E-state index is 0.152. The van der Waals surface area contributed by atoms with E-state index in [1.807, 2.05) is 0 Å². The van der Waals surface area contributed by atoms with Crippen LogP contribution in [0.3, 0.4) is 0 Å². The molecule has 1 heterocycles. The quantitative estimate of drug-likeness (QED) is 0.452. The van der Waals surface area contributed by atoms with Crippen molar-refractivity contribution in [3.63, 3.8) is 0 Å². The van der Waals surface area contributed by atoms with Crippen molar-refractivity contribution in [2.75, 3.05) is 29.5 Å². The van der Waals surface area contributed by atoms with E-state index in [2.05, 4.69) is 20.7 Å². The van der Waals surface area contributed by atoms with Gasteiger partial charge in [0, 0.05) is 0 Å². The summed E-state index contributed by atoms with van der Waals surface area (Å²) in [5.74, 6) is -1.81. The van der Waals surface area contributed by atoms with Gasteiger partial charge in [-0.3, -0.25) is 0 Å². The number of aromatic hydroxyl groups is 1. The second-order valence-corrected chi connectivity index (χ2v) is 9.41. The summed E-state index contributed by atoms with van der Waals surface area (Å²) in [6.07, 6.45) is -4.32. The fourth-order valence-electron chi connectivity index (χ4n) is 3.25. The van der Waals surface area contributed by atoms with E-state index in [0.29, 0.717) is 19.5 Å². The molecule has 4 N–H and O–H groups in total. The fraction of sp³-hybridized carbons (Fsp3) is 0.316. The summed E-state index contributed by atoms with van der Waals surface area (Å²) >= 11 is 6.01. The van der Waals surface area contributed by atoms with Crippen molar-refractivity contribution in [3.8, 4) is 11.5 Å². The normalized spacial score (nSPS) is 16.6. The molecule has 0 radical (unpaired) electrons. The highest BCUT2D eigenvalue weighted by Crippen LogP contribution is 2.38. The first-order chi connectivity index (χ1) is 15.0. The lowest BCUT2D eigenvalue weighted by molar-refractivity contribution is -0.274. The third kappa shape index (κ3) is 5.96. The number of para-hydroxylation sites is 2. The third-order valence-corrected chi connectivity index (χ3v) is 6.99. The van der Waals surface area contributed by atoms with E-state index in [-0.39, 0.29) is 28.1 Å². The molecule has 1 fully saturated rings. The average molecular weight is 494 g/mol. The average Bonchev–Trinajstić information content (AvgIpc) is 3.16. The molecule has 0 saturated carbocycles. The zero-order valence-corrected chi connectivity index (χ0v) is 17.9. The molecule has 1 unspecified atom stereocenters. The van der Waals surface area contributed by atoms with Gasteiger partial charge in [0.05, 0.1) is 22.2 Å². The second kappa shape index (κ2) is 9.43. The number of rotatable bonds is 6. The molecule has 0 aliphatic carbocycles. The molecular formula is C19H19ClF3N3O5S. The van der Waals surface area contributed by atoms with E-state index in [4.69, 9.17) is 11.6 Å². The standard InChI is InChI=1S/C19H19ClF3N3O5S/c20-12-5-6-14(16(27)17(12)32(29,30)10-11-7-8-24-9-11)26-18(28)25-13-3-1-2-4-15(13)31-19(21,22)23/h1-6,11,24,27H,7-10H2,(H2,25,26,28). The molecule has 0 spiro atoms. The molecule has 3 rings (SSSR count). The number of hydrogen-bond acceptors (Lipinski definition) is 6. The molecule has 1 atom stereocenters. The lowest BCUT2D eigenvalue weighted by Gasteiger charge is -2.16. The van der Waals surface area contributed by atoms with E-state index in [1.165, 1.54) is 30.3 Å². The Kier molecular flexibility index (Phi) is 7.06. The molecule has 2 aromatic carbocycles. The molecule has 2 aromatic rings. The maximum atomic E-state index is 12.8. The number of nitrogens with one attached hydrogen (secondary N) is 3. The lowest BCUT2D eigenvalue weighted by atomic mass is 10.2. The number of amides is 2. The van der Waals surface area contributed by atoms with Crippen molar-refractivity contribution in [1.29, 1.82) is 0 Å². The van der Waals surface area contributed by atoms with Gasteiger partial charge in [0.1, 0.15) is 4.90 Å². The van der Waals surface area contributed by atoms with Gasteiger partial charge < -0.3 is 25.8 Å². The Morgan fingerprint density at radius 2 is 1.88 bits per heavy atom. The van der Waals surface area contributed by atoms with Crippen molar-refractivity contribution >= 4 is 38.8 Å². The summed E-state index contributed by atoms with van der Waals surface area (Å²) in [5.41, 5.74) is -0.582. The zero-order valence-electron chi connectivity index (χ0n) is 16.4. The Morgan fingerprint density at radius 1 is 1.19 bits per heavy atom. The number of hydrogen-bond donors (Lipinski definition) is 4. The molecule has 1 saturated heterocycles. The maximum Gasteiger partial charge on any atom is 0.573 e. The lowest BCUT2D eigenvalue weighted by Crippen LogP contribution is -2.23. The smallest absolute Gasteiger partial charge is 0.504 e. The number of benzene rings is 2. The molecule has 1 aliphatic rings. The van der Waals surface area contributed by atoms with Crippen LogP contribution in [0.1, 0.15) is 6.42 Å². The molecule has 2 amide bonds. The van der Waals surface area contributed by atoms with Crippen LogP contribution in [0.4, 0.5) is 29.3 Å². The summed E-state index contributed by atoms with van der Waals surface area (Å²) in [4.78, 5) is 11.8. The predicted molar refractivity (Wildman–Crippen MR) is 112 cm³/mol. The Hall–Kier alpha value is -2.70. The van der Waals surface area contributed by atoms with Gasteiger partial charge >= 0.3 is 12.4 Å². The molecule has 0 aromatic heterocycles. The minimum atomic E-state index is -4.97. The number of ether oxygens (including phenoxy) is 1. The number of carbonyl (C=O) groups is 1. The highest BCUT2D eigenvalue weighted by Gasteiger charge is 2.32. The zero-order chi connectivity index (χ0) is 23.5. The first-order valence-electron chi connectivity index (χ1n) is 9.34. The maximum absolute atomic E-state index is 12.8. The second-order valence-electron chi connectivity index (χ2n) is 7.04. The van der Waals surface area contributed by atoms with Gasteiger partial charge in [-0.25, -0.2) is 13.2 Å². The third-order valence-electron chi connectivity index (χ3n) is 4.62. The molecule has 13 heteroatoms. The van der Waals surface area contributed by atoms with Gasteiger partial charge in [-0.15, -0.1) is 13.2 Å². The van der Waals surface area contributed by atoms with Crippen LogP contribution in [0.5, 0.6) is 11.5 Å². The van der Waals surface area contributed by atoms with Crippen molar-refractivity contribution in [2.24, 2.45) is 5.92 Å². The highest BCUT2D eigenvalue weighted by molar-refractivity contribution is 7.91. The number of anilines is 2. The number of carbonyl (C=O) groups excluding carboxylic acids is 1. The number of phenolic OH excluding ortho intramolecular Hbond substituents is 1. The summed E-state index contributed by atoms with van der Waals surface area (Å²) < 4.78 is 67.1. The molecule has 0 bridgehead atoms. The first kappa shape index (κ1) is 24.0. The van der Waals surface area contributed by atoms with Crippen LogP contribution in [0.25, 0.3) is 0 Å². The molecule has 1 aliphatic heterocycles. The number of alkyl halides is 3.